The number of methoxy groups -OCH3 is 1. The molecule has 1 aromatic carbocycles. The minimum absolute atomic E-state index is 0.0117. The van der Waals surface area contributed by atoms with Crippen molar-refractivity contribution in [3.05, 3.63) is 29.8 Å². The van der Waals surface area contributed by atoms with E-state index >= 15 is 0 Å². The summed E-state index contributed by atoms with van der Waals surface area (Å²) in [4.78, 5) is 11.6. The van der Waals surface area contributed by atoms with Gasteiger partial charge in [-0.15, -0.1) is 0 Å². The van der Waals surface area contributed by atoms with Crippen LogP contribution in [-0.4, -0.2) is 37.7 Å². The lowest BCUT2D eigenvalue weighted by Gasteiger charge is -2.04. The smallest absolute Gasteiger partial charge is 0.176 e. The Kier molecular flexibility index (Phi) is 4.80. The van der Waals surface area contributed by atoms with Crippen LogP contribution in [0.5, 0.6) is 5.75 Å². The van der Waals surface area contributed by atoms with Gasteiger partial charge in [-0.3, -0.25) is 4.79 Å². The molecule has 0 unspecified atom stereocenters. The van der Waals surface area contributed by atoms with Crippen LogP contribution in [0, 0.1) is 0 Å². The highest BCUT2D eigenvalue weighted by Gasteiger charge is 2.05. The minimum Gasteiger partial charge on any atom is -0.497 e. The Morgan fingerprint density at radius 2 is 2.33 bits per heavy atom. The molecular formula is C11H15NO3. The molecule has 0 heterocycles. The maximum absolute atomic E-state index is 11.6. The van der Waals surface area contributed by atoms with Gasteiger partial charge in [0, 0.05) is 12.1 Å². The summed E-state index contributed by atoms with van der Waals surface area (Å²) in [5, 5.41) is 11.4. The number of hydrogen-bond donors (Lipinski definition) is 2. The Labute approximate surface area is 88.9 Å². The molecule has 15 heavy (non-hydrogen) atoms. The Balaban J connectivity index is 2.57. The van der Waals surface area contributed by atoms with Gasteiger partial charge in [0.2, 0.25) is 0 Å². The number of carbonyl (C=O) groups excluding carboxylic acids is 1. The minimum atomic E-state index is -0.0117. The summed E-state index contributed by atoms with van der Waals surface area (Å²) in [6.45, 7) is 0.689. The van der Waals surface area contributed by atoms with Crippen LogP contribution in [-0.2, 0) is 0 Å². The Hall–Kier alpha value is -1.39. The van der Waals surface area contributed by atoms with Crippen LogP contribution in [0.15, 0.2) is 24.3 Å². The van der Waals surface area contributed by atoms with Gasteiger partial charge >= 0.3 is 0 Å². The number of rotatable bonds is 6. The molecule has 1 aromatic rings. The van der Waals surface area contributed by atoms with E-state index in [4.69, 9.17) is 9.84 Å². The van der Waals surface area contributed by atoms with Crippen LogP contribution in [0.3, 0.4) is 0 Å². The lowest BCUT2D eigenvalue weighted by atomic mass is 10.1. The molecular weight excluding hydrogens is 194 g/mol. The summed E-state index contributed by atoms with van der Waals surface area (Å²) in [5.74, 6) is 0.658. The number of benzene rings is 1. The highest BCUT2D eigenvalue weighted by Crippen LogP contribution is 2.12. The average molecular weight is 209 g/mol. The maximum Gasteiger partial charge on any atom is 0.176 e. The molecule has 0 aliphatic carbocycles. The van der Waals surface area contributed by atoms with Crippen molar-refractivity contribution in [1.29, 1.82) is 0 Å². The molecule has 4 nitrogen and oxygen atoms in total. The third-order valence-electron chi connectivity index (χ3n) is 1.97. The van der Waals surface area contributed by atoms with Crippen molar-refractivity contribution in [3.63, 3.8) is 0 Å². The van der Waals surface area contributed by atoms with E-state index in [1.165, 1.54) is 0 Å². The van der Waals surface area contributed by atoms with E-state index in [0.717, 1.165) is 0 Å². The van der Waals surface area contributed by atoms with Gasteiger partial charge in [0.15, 0.2) is 5.78 Å². The van der Waals surface area contributed by atoms with Gasteiger partial charge in [-0.1, -0.05) is 12.1 Å². The summed E-state index contributed by atoms with van der Waals surface area (Å²) in [5.41, 5.74) is 0.611. The van der Waals surface area contributed by atoms with Crippen molar-refractivity contribution in [3.8, 4) is 5.75 Å². The van der Waals surface area contributed by atoms with Crippen LogP contribution in [0.2, 0.25) is 0 Å². The third-order valence-corrected chi connectivity index (χ3v) is 1.97. The molecule has 82 valence electrons. The van der Waals surface area contributed by atoms with E-state index in [-0.39, 0.29) is 18.9 Å². The van der Waals surface area contributed by atoms with Gasteiger partial charge in [0.1, 0.15) is 5.75 Å². The fraction of sp³-hybridized carbons (Fsp3) is 0.364. The maximum atomic E-state index is 11.6. The van der Waals surface area contributed by atoms with Crippen molar-refractivity contribution in [1.82, 2.24) is 5.32 Å². The fourth-order valence-electron chi connectivity index (χ4n) is 1.18. The standard InChI is InChI=1S/C11H15NO3/c1-15-10-4-2-3-9(7-10)11(14)8-12-5-6-13/h2-4,7,12-13H,5-6,8H2,1H3. The van der Waals surface area contributed by atoms with E-state index in [2.05, 4.69) is 5.32 Å². The summed E-state index contributed by atoms with van der Waals surface area (Å²) < 4.78 is 5.02. The summed E-state index contributed by atoms with van der Waals surface area (Å²) in [6.07, 6.45) is 0. The molecule has 0 amide bonds. The molecule has 0 aliphatic heterocycles. The second kappa shape index (κ2) is 6.16. The van der Waals surface area contributed by atoms with E-state index in [1.54, 1.807) is 31.4 Å². The van der Waals surface area contributed by atoms with Crippen molar-refractivity contribution in [2.75, 3.05) is 26.8 Å². The molecule has 0 saturated heterocycles. The second-order valence-electron chi connectivity index (χ2n) is 3.06. The Morgan fingerprint density at radius 1 is 1.53 bits per heavy atom. The van der Waals surface area contributed by atoms with Gasteiger partial charge in [0.05, 0.1) is 20.3 Å². The topological polar surface area (TPSA) is 58.6 Å². The first-order valence-corrected chi connectivity index (χ1v) is 4.76. The zero-order chi connectivity index (χ0) is 11.1. The molecule has 0 saturated carbocycles. The molecule has 0 atom stereocenters. The van der Waals surface area contributed by atoms with Crippen LogP contribution >= 0.6 is 0 Å². The summed E-state index contributed by atoms with van der Waals surface area (Å²) in [6, 6.07) is 7.00. The van der Waals surface area contributed by atoms with Gasteiger partial charge in [0.25, 0.3) is 0 Å². The molecule has 0 spiro atoms. The van der Waals surface area contributed by atoms with E-state index < -0.39 is 0 Å². The number of hydrogen-bond acceptors (Lipinski definition) is 4. The first-order chi connectivity index (χ1) is 7.27. The predicted octanol–water partition coefficient (Wildman–Crippen LogP) is 0.460. The zero-order valence-electron chi connectivity index (χ0n) is 8.69. The molecule has 4 heteroatoms. The molecule has 1 rings (SSSR count). The third kappa shape index (κ3) is 3.69. The number of aliphatic hydroxyl groups is 1. The fourth-order valence-corrected chi connectivity index (χ4v) is 1.18. The van der Waals surface area contributed by atoms with E-state index in [9.17, 15) is 4.79 Å². The first-order valence-electron chi connectivity index (χ1n) is 4.76. The van der Waals surface area contributed by atoms with E-state index in [1.807, 2.05) is 0 Å². The number of ether oxygens (including phenoxy) is 1. The van der Waals surface area contributed by atoms with Gasteiger partial charge in [-0.05, 0) is 12.1 Å². The van der Waals surface area contributed by atoms with Crippen molar-refractivity contribution >= 4 is 5.78 Å². The quantitative estimate of drug-likeness (QED) is 0.528. The number of aliphatic hydroxyl groups excluding tert-OH is 1. The SMILES string of the molecule is COc1cccc(C(=O)CNCCO)c1. The molecule has 0 bridgehead atoms. The second-order valence-corrected chi connectivity index (χ2v) is 3.06. The zero-order valence-corrected chi connectivity index (χ0v) is 8.69. The summed E-state index contributed by atoms with van der Waals surface area (Å²) >= 11 is 0. The van der Waals surface area contributed by atoms with E-state index in [0.29, 0.717) is 17.9 Å². The Morgan fingerprint density at radius 3 is 3.00 bits per heavy atom. The van der Waals surface area contributed by atoms with Gasteiger partial charge in [-0.2, -0.15) is 0 Å². The van der Waals surface area contributed by atoms with Crippen molar-refractivity contribution in [2.24, 2.45) is 0 Å². The monoisotopic (exact) mass is 209 g/mol. The number of nitrogens with one attached hydrogen (secondary N) is 1. The molecule has 2 N–H and O–H groups in total. The van der Waals surface area contributed by atoms with Crippen molar-refractivity contribution in [2.45, 2.75) is 0 Å². The number of ketones is 1. The van der Waals surface area contributed by atoms with Crippen LogP contribution < -0.4 is 10.1 Å². The predicted molar refractivity (Wildman–Crippen MR) is 57.3 cm³/mol. The van der Waals surface area contributed by atoms with Gasteiger partial charge in [-0.25, -0.2) is 0 Å². The molecule has 0 radical (unpaired) electrons. The van der Waals surface area contributed by atoms with Crippen molar-refractivity contribution < 1.29 is 14.6 Å². The number of carbonyl (C=O) groups is 1. The highest BCUT2D eigenvalue weighted by atomic mass is 16.5. The van der Waals surface area contributed by atoms with Crippen LogP contribution in [0.4, 0.5) is 0 Å². The van der Waals surface area contributed by atoms with Crippen LogP contribution in [0.1, 0.15) is 10.4 Å². The van der Waals surface area contributed by atoms with Crippen LogP contribution in [0.25, 0.3) is 0 Å². The lowest BCUT2D eigenvalue weighted by molar-refractivity contribution is 0.0989. The average Bonchev–Trinajstić information content (AvgIpc) is 2.29. The first kappa shape index (κ1) is 11.7. The highest BCUT2D eigenvalue weighted by molar-refractivity contribution is 5.97. The van der Waals surface area contributed by atoms with Gasteiger partial charge < -0.3 is 15.2 Å². The largest absolute Gasteiger partial charge is 0.497 e. The lowest BCUT2D eigenvalue weighted by Crippen LogP contribution is -2.25. The molecule has 0 fully saturated rings. The molecule has 0 aromatic heterocycles. The normalized spacial score (nSPS) is 10.0. The summed E-state index contributed by atoms with van der Waals surface area (Å²) in [7, 11) is 1.56. The molecule has 0 aliphatic rings. The Bertz CT molecular complexity index is 325. The number of Topliss-reactive ketones (excluding diaryl/α,β-unsaturated/α-hetero) is 1.